The van der Waals surface area contributed by atoms with E-state index in [0.29, 0.717) is 31.6 Å². The number of esters is 1. The number of ether oxygens (including phenoxy) is 1. The lowest BCUT2D eigenvalue weighted by Gasteiger charge is -2.35. The topological polar surface area (TPSA) is 79.0 Å². The summed E-state index contributed by atoms with van der Waals surface area (Å²) in [6.07, 6.45) is 1.36. The van der Waals surface area contributed by atoms with Crippen LogP contribution in [0.5, 0.6) is 0 Å². The number of rotatable bonds is 6. The van der Waals surface area contributed by atoms with Gasteiger partial charge in [0.1, 0.15) is 0 Å². The highest BCUT2D eigenvalue weighted by atomic mass is 16.5. The van der Waals surface area contributed by atoms with Crippen LogP contribution in [0.1, 0.15) is 25.3 Å². The van der Waals surface area contributed by atoms with Gasteiger partial charge in [0.2, 0.25) is 11.8 Å². The van der Waals surface area contributed by atoms with E-state index in [0.717, 1.165) is 5.56 Å². The Morgan fingerprint density at radius 1 is 1.22 bits per heavy atom. The molecule has 0 spiro atoms. The summed E-state index contributed by atoms with van der Waals surface area (Å²) in [7, 11) is 3.03. The molecule has 0 aromatic heterocycles. The van der Waals surface area contributed by atoms with Crippen LogP contribution in [0.4, 0.5) is 5.69 Å². The number of piperidine rings is 1. The molecule has 1 aromatic rings. The molecule has 7 nitrogen and oxygen atoms in total. The van der Waals surface area contributed by atoms with Crippen molar-refractivity contribution in [1.82, 2.24) is 9.80 Å². The van der Waals surface area contributed by atoms with Gasteiger partial charge >= 0.3 is 5.97 Å². The van der Waals surface area contributed by atoms with Crippen molar-refractivity contribution in [3.05, 3.63) is 29.8 Å². The normalized spacial score (nSPS) is 16.4. The van der Waals surface area contributed by atoms with Crippen molar-refractivity contribution in [2.24, 2.45) is 5.92 Å². The Morgan fingerprint density at radius 3 is 2.37 bits per heavy atom. The number of carbonyl (C=O) groups is 3. The maximum Gasteiger partial charge on any atom is 0.308 e. The van der Waals surface area contributed by atoms with Crippen molar-refractivity contribution in [2.75, 3.05) is 39.1 Å². The van der Waals surface area contributed by atoms with Crippen LogP contribution in [0, 0.1) is 12.8 Å². The molecule has 1 N–H and O–H groups in total. The number of likely N-dealkylation sites (N-methyl/N-ethyl adjacent to an activating group) is 1. The molecule has 1 aliphatic rings. The maximum atomic E-state index is 12.7. The van der Waals surface area contributed by atoms with Crippen LogP contribution >= 0.6 is 0 Å². The number of hydrogen-bond acceptors (Lipinski definition) is 5. The first-order valence-corrected chi connectivity index (χ1v) is 9.25. The lowest BCUT2D eigenvalue weighted by atomic mass is 9.96. The number of aryl methyl sites for hydroxylation is 1. The van der Waals surface area contributed by atoms with Gasteiger partial charge in [0.15, 0.2) is 0 Å². The number of nitrogens with zero attached hydrogens (tertiary/aromatic N) is 2. The first kappa shape index (κ1) is 20.9. The van der Waals surface area contributed by atoms with Crippen molar-refractivity contribution in [2.45, 2.75) is 32.7 Å². The number of benzene rings is 1. The molecule has 0 unspecified atom stereocenters. The summed E-state index contributed by atoms with van der Waals surface area (Å²) in [4.78, 5) is 40.0. The number of amides is 2. The standard InChI is InChI=1S/C20H29N3O4/c1-14-5-7-17(8-6-14)21-18(24)13-22(3)19(25)15(2)23-11-9-16(10-12-23)20(26)27-4/h5-8,15-16H,9-13H2,1-4H3,(H,21,24)/t15-/m0/s1. The Kier molecular flexibility index (Phi) is 7.36. The second kappa shape index (κ2) is 9.50. The van der Waals surface area contributed by atoms with E-state index in [-0.39, 0.29) is 36.3 Å². The highest BCUT2D eigenvalue weighted by molar-refractivity contribution is 5.95. The van der Waals surface area contributed by atoms with Gasteiger partial charge in [-0.15, -0.1) is 0 Å². The molecule has 0 radical (unpaired) electrons. The van der Waals surface area contributed by atoms with Crippen molar-refractivity contribution >= 4 is 23.5 Å². The molecule has 1 heterocycles. The second-order valence-electron chi connectivity index (χ2n) is 7.12. The predicted molar refractivity (Wildman–Crippen MR) is 103 cm³/mol. The van der Waals surface area contributed by atoms with Crippen LogP contribution < -0.4 is 5.32 Å². The fourth-order valence-electron chi connectivity index (χ4n) is 3.29. The third-order valence-electron chi connectivity index (χ3n) is 5.06. The van der Waals surface area contributed by atoms with Crippen LogP contribution in [0.2, 0.25) is 0 Å². The quantitative estimate of drug-likeness (QED) is 0.765. The number of likely N-dealkylation sites (tertiary alicyclic amines) is 1. The molecule has 1 fully saturated rings. The molecule has 7 heteroatoms. The number of carbonyl (C=O) groups excluding carboxylic acids is 3. The van der Waals surface area contributed by atoms with E-state index in [2.05, 4.69) is 10.2 Å². The largest absolute Gasteiger partial charge is 0.469 e. The van der Waals surface area contributed by atoms with Crippen LogP contribution in [0.15, 0.2) is 24.3 Å². The van der Waals surface area contributed by atoms with Gasteiger partial charge < -0.3 is 15.0 Å². The van der Waals surface area contributed by atoms with E-state index in [1.807, 2.05) is 38.1 Å². The van der Waals surface area contributed by atoms with E-state index < -0.39 is 0 Å². The minimum absolute atomic E-state index is 0.00429. The number of methoxy groups -OCH3 is 1. The van der Waals surface area contributed by atoms with Gasteiger partial charge in [-0.2, -0.15) is 0 Å². The molecule has 0 aliphatic carbocycles. The molecule has 0 saturated carbocycles. The van der Waals surface area contributed by atoms with E-state index >= 15 is 0 Å². The predicted octanol–water partition coefficient (Wildman–Crippen LogP) is 1.67. The summed E-state index contributed by atoms with van der Waals surface area (Å²) < 4.78 is 4.79. The van der Waals surface area contributed by atoms with Crippen LogP contribution in [0.25, 0.3) is 0 Å². The van der Waals surface area contributed by atoms with Gasteiger partial charge in [-0.3, -0.25) is 19.3 Å². The Labute approximate surface area is 160 Å². The van der Waals surface area contributed by atoms with E-state index in [1.54, 1.807) is 7.05 Å². The van der Waals surface area contributed by atoms with Crippen LogP contribution in [-0.2, 0) is 19.1 Å². The van der Waals surface area contributed by atoms with E-state index in [1.165, 1.54) is 12.0 Å². The van der Waals surface area contributed by atoms with Crippen molar-refractivity contribution in [1.29, 1.82) is 0 Å². The molecule has 1 atom stereocenters. The minimum atomic E-state index is -0.333. The molecule has 1 aromatic carbocycles. The average molecular weight is 375 g/mol. The van der Waals surface area contributed by atoms with Gasteiger partial charge in [-0.25, -0.2) is 0 Å². The zero-order valence-corrected chi connectivity index (χ0v) is 16.5. The number of nitrogens with one attached hydrogen (secondary N) is 1. The van der Waals surface area contributed by atoms with E-state index in [4.69, 9.17) is 4.74 Å². The summed E-state index contributed by atoms with van der Waals surface area (Å²) in [5, 5.41) is 2.80. The van der Waals surface area contributed by atoms with Gasteiger partial charge in [-0.05, 0) is 51.9 Å². The van der Waals surface area contributed by atoms with Gasteiger partial charge in [0.05, 0.1) is 25.6 Å². The number of hydrogen-bond donors (Lipinski definition) is 1. The summed E-state index contributed by atoms with van der Waals surface area (Å²) in [5.74, 6) is -0.609. The average Bonchev–Trinajstić information content (AvgIpc) is 2.68. The highest BCUT2D eigenvalue weighted by Gasteiger charge is 2.31. The molecular weight excluding hydrogens is 346 g/mol. The Morgan fingerprint density at radius 2 is 1.81 bits per heavy atom. The first-order valence-electron chi connectivity index (χ1n) is 9.25. The van der Waals surface area contributed by atoms with Crippen molar-refractivity contribution < 1.29 is 19.1 Å². The van der Waals surface area contributed by atoms with Crippen molar-refractivity contribution in [3.8, 4) is 0 Å². The van der Waals surface area contributed by atoms with Crippen LogP contribution in [0.3, 0.4) is 0 Å². The molecule has 2 rings (SSSR count). The van der Waals surface area contributed by atoms with Gasteiger partial charge in [0, 0.05) is 12.7 Å². The monoisotopic (exact) mass is 375 g/mol. The Bertz CT molecular complexity index is 666. The lowest BCUT2D eigenvalue weighted by Crippen LogP contribution is -2.50. The summed E-state index contributed by atoms with van der Waals surface area (Å²) in [6.45, 7) is 5.14. The highest BCUT2D eigenvalue weighted by Crippen LogP contribution is 2.20. The smallest absolute Gasteiger partial charge is 0.308 e. The summed E-state index contributed by atoms with van der Waals surface area (Å²) in [6, 6.07) is 7.18. The van der Waals surface area contributed by atoms with Gasteiger partial charge in [-0.1, -0.05) is 17.7 Å². The zero-order chi connectivity index (χ0) is 20.0. The van der Waals surface area contributed by atoms with Crippen LogP contribution in [-0.4, -0.2) is 67.4 Å². The summed E-state index contributed by atoms with van der Waals surface area (Å²) in [5.41, 5.74) is 1.83. The zero-order valence-electron chi connectivity index (χ0n) is 16.5. The SMILES string of the molecule is COC(=O)C1CCN([C@@H](C)C(=O)N(C)CC(=O)Nc2ccc(C)cc2)CC1. The number of anilines is 1. The first-order chi connectivity index (χ1) is 12.8. The van der Waals surface area contributed by atoms with Gasteiger partial charge in [0.25, 0.3) is 0 Å². The Hall–Kier alpha value is -2.41. The third-order valence-corrected chi connectivity index (χ3v) is 5.06. The molecule has 1 saturated heterocycles. The molecule has 1 aliphatic heterocycles. The molecule has 0 bridgehead atoms. The molecule has 148 valence electrons. The minimum Gasteiger partial charge on any atom is -0.469 e. The second-order valence-corrected chi connectivity index (χ2v) is 7.12. The fourth-order valence-corrected chi connectivity index (χ4v) is 3.29. The maximum absolute atomic E-state index is 12.7. The molecular formula is C20H29N3O4. The fraction of sp³-hybridized carbons (Fsp3) is 0.550. The van der Waals surface area contributed by atoms with E-state index in [9.17, 15) is 14.4 Å². The Balaban J connectivity index is 1.82. The third kappa shape index (κ3) is 5.79. The molecule has 27 heavy (non-hydrogen) atoms. The van der Waals surface area contributed by atoms with Crippen molar-refractivity contribution in [3.63, 3.8) is 0 Å². The lowest BCUT2D eigenvalue weighted by molar-refractivity contribution is -0.147. The molecule has 2 amide bonds. The summed E-state index contributed by atoms with van der Waals surface area (Å²) >= 11 is 0.